The summed E-state index contributed by atoms with van der Waals surface area (Å²) < 4.78 is 3.71. The van der Waals surface area contributed by atoms with Gasteiger partial charge in [-0.25, -0.2) is 0 Å². The molecule has 0 saturated heterocycles. The van der Waals surface area contributed by atoms with Crippen molar-refractivity contribution in [3.63, 3.8) is 0 Å². The van der Waals surface area contributed by atoms with Crippen molar-refractivity contribution in [3.8, 4) is 0 Å². The van der Waals surface area contributed by atoms with Crippen molar-refractivity contribution in [3.05, 3.63) is 44.9 Å². The van der Waals surface area contributed by atoms with Crippen LogP contribution in [0.25, 0.3) is 0 Å². The van der Waals surface area contributed by atoms with Crippen molar-refractivity contribution >= 4 is 40.6 Å². The summed E-state index contributed by atoms with van der Waals surface area (Å²) in [6, 6.07) is 5.06. The van der Waals surface area contributed by atoms with Gasteiger partial charge in [-0.1, -0.05) is 27.7 Å². The van der Waals surface area contributed by atoms with Crippen LogP contribution in [0.1, 0.15) is 10.4 Å². The summed E-state index contributed by atoms with van der Waals surface area (Å²) in [6.45, 7) is 0.425. The van der Waals surface area contributed by atoms with Crippen LogP contribution in [-0.4, -0.2) is 15.5 Å². The van der Waals surface area contributed by atoms with Crippen LogP contribution in [0.15, 0.2) is 24.4 Å². The lowest BCUT2D eigenvalue weighted by atomic mass is 10.1. The number of amides is 1. The topological polar surface area (TPSA) is 54.9 Å². The molecular formula is C11H9Cl2N3OS. The van der Waals surface area contributed by atoms with Crippen LogP contribution in [0.2, 0.25) is 10.0 Å². The molecule has 0 aliphatic rings. The Morgan fingerprint density at radius 3 is 2.94 bits per heavy atom. The van der Waals surface area contributed by atoms with Gasteiger partial charge >= 0.3 is 0 Å². The Morgan fingerprint density at radius 2 is 2.22 bits per heavy atom. The van der Waals surface area contributed by atoms with Gasteiger partial charge in [0.2, 0.25) is 5.91 Å². The van der Waals surface area contributed by atoms with Gasteiger partial charge in [0.25, 0.3) is 0 Å². The molecule has 0 aliphatic carbocycles. The highest BCUT2D eigenvalue weighted by molar-refractivity contribution is 7.05. The van der Waals surface area contributed by atoms with Gasteiger partial charge in [-0.3, -0.25) is 4.79 Å². The third kappa shape index (κ3) is 3.66. The van der Waals surface area contributed by atoms with Gasteiger partial charge in [-0.05, 0) is 35.3 Å². The molecule has 0 fully saturated rings. The van der Waals surface area contributed by atoms with Crippen molar-refractivity contribution in [2.45, 2.75) is 13.0 Å². The number of nitrogens with one attached hydrogen (secondary N) is 1. The van der Waals surface area contributed by atoms with E-state index in [0.29, 0.717) is 22.2 Å². The number of hydrogen-bond donors (Lipinski definition) is 1. The minimum atomic E-state index is -0.118. The SMILES string of the molecule is O=C(Cc1cc(Cl)ccc1Cl)NCc1cnns1. The molecule has 0 saturated carbocycles. The lowest BCUT2D eigenvalue weighted by Gasteiger charge is -2.05. The molecule has 94 valence electrons. The van der Waals surface area contributed by atoms with Gasteiger partial charge in [0, 0.05) is 10.0 Å². The standard InChI is InChI=1S/C11H9Cl2N3OS/c12-8-1-2-10(13)7(3-8)4-11(17)14-5-9-6-15-16-18-9/h1-3,6H,4-5H2,(H,14,17). The van der Waals surface area contributed by atoms with Crippen LogP contribution in [0.4, 0.5) is 0 Å². The number of halogens is 2. The minimum Gasteiger partial charge on any atom is -0.351 e. The summed E-state index contributed by atoms with van der Waals surface area (Å²) >= 11 is 13.1. The van der Waals surface area contributed by atoms with Crippen LogP contribution in [0.5, 0.6) is 0 Å². The van der Waals surface area contributed by atoms with Gasteiger partial charge in [0.05, 0.1) is 24.0 Å². The molecule has 4 nitrogen and oxygen atoms in total. The Kier molecular flexibility index (Phi) is 4.52. The molecule has 7 heteroatoms. The second kappa shape index (κ2) is 6.13. The highest BCUT2D eigenvalue weighted by Crippen LogP contribution is 2.21. The number of nitrogens with zero attached hydrogens (tertiary/aromatic N) is 2. The molecule has 1 aromatic heterocycles. The number of hydrogen-bond acceptors (Lipinski definition) is 4. The fraction of sp³-hybridized carbons (Fsp3) is 0.182. The maximum absolute atomic E-state index is 11.7. The third-order valence-electron chi connectivity index (χ3n) is 2.23. The van der Waals surface area contributed by atoms with Crippen molar-refractivity contribution < 1.29 is 4.79 Å². The molecule has 0 radical (unpaired) electrons. The van der Waals surface area contributed by atoms with Crippen LogP contribution in [-0.2, 0) is 17.8 Å². The first-order chi connectivity index (χ1) is 8.65. The smallest absolute Gasteiger partial charge is 0.224 e. The molecule has 0 aliphatic heterocycles. The maximum Gasteiger partial charge on any atom is 0.224 e. The van der Waals surface area contributed by atoms with E-state index in [9.17, 15) is 4.79 Å². The molecule has 0 unspecified atom stereocenters. The van der Waals surface area contributed by atoms with E-state index in [0.717, 1.165) is 4.88 Å². The number of benzene rings is 1. The molecule has 0 atom stereocenters. The van der Waals surface area contributed by atoms with E-state index in [1.807, 2.05) is 0 Å². The monoisotopic (exact) mass is 301 g/mol. The molecule has 1 N–H and O–H groups in total. The second-order valence-corrected chi connectivity index (χ2v) is 5.29. The molecule has 0 spiro atoms. The molecular weight excluding hydrogens is 293 g/mol. The maximum atomic E-state index is 11.7. The van der Waals surface area contributed by atoms with Crippen molar-refractivity contribution in [1.29, 1.82) is 0 Å². The third-order valence-corrected chi connectivity index (χ3v) is 3.49. The zero-order chi connectivity index (χ0) is 13.0. The van der Waals surface area contributed by atoms with Gasteiger partial charge < -0.3 is 5.32 Å². The summed E-state index contributed by atoms with van der Waals surface area (Å²) in [5.74, 6) is -0.118. The lowest BCUT2D eigenvalue weighted by molar-refractivity contribution is -0.120. The average Bonchev–Trinajstić information content (AvgIpc) is 2.84. The van der Waals surface area contributed by atoms with E-state index in [1.54, 1.807) is 24.4 Å². The Bertz CT molecular complexity index is 545. The molecule has 18 heavy (non-hydrogen) atoms. The van der Waals surface area contributed by atoms with Gasteiger partial charge in [-0.15, -0.1) is 5.10 Å². The van der Waals surface area contributed by atoms with Crippen molar-refractivity contribution in [2.75, 3.05) is 0 Å². The zero-order valence-electron chi connectivity index (χ0n) is 9.19. The number of rotatable bonds is 4. The van der Waals surface area contributed by atoms with Crippen LogP contribution >= 0.6 is 34.7 Å². The predicted molar refractivity (Wildman–Crippen MR) is 71.9 cm³/mol. The Balaban J connectivity index is 1.92. The van der Waals surface area contributed by atoms with Gasteiger partial charge in [0.15, 0.2) is 0 Å². The van der Waals surface area contributed by atoms with E-state index in [2.05, 4.69) is 14.9 Å². The number of carbonyl (C=O) groups is 1. The summed E-state index contributed by atoms with van der Waals surface area (Å²) in [5, 5.41) is 7.56. The van der Waals surface area contributed by atoms with Crippen LogP contribution in [0, 0.1) is 0 Å². The molecule has 1 heterocycles. The summed E-state index contributed by atoms with van der Waals surface area (Å²) in [7, 11) is 0. The molecule has 0 bridgehead atoms. The fourth-order valence-corrected chi connectivity index (χ4v) is 2.17. The summed E-state index contributed by atoms with van der Waals surface area (Å²) in [4.78, 5) is 12.6. The number of aromatic nitrogens is 2. The Hall–Kier alpha value is -1.17. The largest absolute Gasteiger partial charge is 0.351 e. The lowest BCUT2D eigenvalue weighted by Crippen LogP contribution is -2.24. The molecule has 2 aromatic rings. The molecule has 1 amide bonds. The Labute approximate surface area is 118 Å². The van der Waals surface area contributed by atoms with E-state index in [4.69, 9.17) is 23.2 Å². The Morgan fingerprint density at radius 1 is 1.39 bits per heavy atom. The first-order valence-electron chi connectivity index (χ1n) is 5.12. The molecule has 1 aromatic carbocycles. The van der Waals surface area contributed by atoms with E-state index in [1.165, 1.54) is 11.5 Å². The highest BCUT2D eigenvalue weighted by Gasteiger charge is 2.08. The number of carbonyl (C=O) groups excluding carboxylic acids is 1. The summed E-state index contributed by atoms with van der Waals surface area (Å²) in [5.41, 5.74) is 0.712. The van der Waals surface area contributed by atoms with Gasteiger partial charge in [0.1, 0.15) is 0 Å². The zero-order valence-corrected chi connectivity index (χ0v) is 11.5. The van der Waals surface area contributed by atoms with E-state index < -0.39 is 0 Å². The first kappa shape index (κ1) is 13.3. The van der Waals surface area contributed by atoms with Crippen LogP contribution < -0.4 is 5.32 Å². The van der Waals surface area contributed by atoms with Gasteiger partial charge in [-0.2, -0.15) is 0 Å². The highest BCUT2D eigenvalue weighted by atomic mass is 35.5. The fourth-order valence-electron chi connectivity index (χ4n) is 1.37. The average molecular weight is 302 g/mol. The van der Waals surface area contributed by atoms with Crippen LogP contribution in [0.3, 0.4) is 0 Å². The second-order valence-electron chi connectivity index (χ2n) is 3.57. The first-order valence-corrected chi connectivity index (χ1v) is 6.65. The van der Waals surface area contributed by atoms with Crippen molar-refractivity contribution in [1.82, 2.24) is 14.9 Å². The van der Waals surface area contributed by atoms with E-state index >= 15 is 0 Å². The van der Waals surface area contributed by atoms with E-state index in [-0.39, 0.29) is 12.3 Å². The van der Waals surface area contributed by atoms with Crippen molar-refractivity contribution in [2.24, 2.45) is 0 Å². The molecule has 2 rings (SSSR count). The normalized spacial score (nSPS) is 10.3. The minimum absolute atomic E-state index is 0.118. The quantitative estimate of drug-likeness (QED) is 0.944. The predicted octanol–water partition coefficient (Wildman–Crippen LogP) is 2.70. The summed E-state index contributed by atoms with van der Waals surface area (Å²) in [6.07, 6.45) is 1.82.